The summed E-state index contributed by atoms with van der Waals surface area (Å²) in [5.41, 5.74) is 0.316. The quantitative estimate of drug-likeness (QED) is 0.603. The van der Waals surface area contributed by atoms with Crippen molar-refractivity contribution in [1.29, 1.82) is 0 Å². The molecule has 0 aliphatic rings. The second-order valence-electron chi connectivity index (χ2n) is 4.90. The van der Waals surface area contributed by atoms with E-state index < -0.39 is 12.1 Å². The molecule has 2 aromatic rings. The average molecular weight is 325 g/mol. The van der Waals surface area contributed by atoms with E-state index in [4.69, 9.17) is 4.84 Å². The summed E-state index contributed by atoms with van der Waals surface area (Å²) in [6.07, 6.45) is -2.02. The standard InChI is InChI=1S/C14H17F2N5O2/c1-4-9(2)17-23-8-11-10(13(15)16)6-5-7-12(11)21-14(22)20(3)18-19-21/h5-7,13H,4,8H2,1-3H3. The highest BCUT2D eigenvalue weighted by Crippen LogP contribution is 2.27. The number of hydrogen-bond donors (Lipinski definition) is 0. The minimum atomic E-state index is -2.71. The van der Waals surface area contributed by atoms with Gasteiger partial charge in [0.15, 0.2) is 0 Å². The number of aromatic nitrogens is 4. The first kappa shape index (κ1) is 16.8. The van der Waals surface area contributed by atoms with E-state index in [1.54, 1.807) is 6.92 Å². The molecule has 0 saturated carbocycles. The van der Waals surface area contributed by atoms with Gasteiger partial charge in [-0.25, -0.2) is 13.6 Å². The van der Waals surface area contributed by atoms with Crippen LogP contribution in [0.2, 0.25) is 0 Å². The first-order valence-electron chi connectivity index (χ1n) is 7.00. The lowest BCUT2D eigenvalue weighted by Gasteiger charge is -2.12. The summed E-state index contributed by atoms with van der Waals surface area (Å²) in [6.45, 7) is 3.48. The largest absolute Gasteiger partial charge is 0.391 e. The van der Waals surface area contributed by atoms with E-state index in [0.717, 1.165) is 15.1 Å². The maximum Gasteiger partial charge on any atom is 0.368 e. The predicted octanol–water partition coefficient (Wildman–Crippen LogP) is 2.21. The zero-order chi connectivity index (χ0) is 17.0. The molecular formula is C14H17F2N5O2. The van der Waals surface area contributed by atoms with Crippen molar-refractivity contribution < 1.29 is 13.6 Å². The fourth-order valence-electron chi connectivity index (χ4n) is 1.89. The fourth-order valence-corrected chi connectivity index (χ4v) is 1.89. The molecule has 0 unspecified atom stereocenters. The van der Waals surface area contributed by atoms with Gasteiger partial charge in [-0.15, -0.1) is 0 Å². The summed E-state index contributed by atoms with van der Waals surface area (Å²) < 4.78 is 28.5. The third kappa shape index (κ3) is 3.61. The van der Waals surface area contributed by atoms with Gasteiger partial charge in [0.2, 0.25) is 0 Å². The molecule has 124 valence electrons. The molecule has 1 aromatic heterocycles. The van der Waals surface area contributed by atoms with Gasteiger partial charge in [-0.2, -0.15) is 9.36 Å². The highest BCUT2D eigenvalue weighted by atomic mass is 19.3. The lowest BCUT2D eigenvalue weighted by molar-refractivity contribution is 0.118. The Labute approximate surface area is 131 Å². The average Bonchev–Trinajstić information content (AvgIpc) is 2.86. The Bertz CT molecular complexity index is 767. The van der Waals surface area contributed by atoms with Gasteiger partial charge in [-0.05, 0) is 29.8 Å². The van der Waals surface area contributed by atoms with Gasteiger partial charge in [0.1, 0.15) is 6.61 Å². The van der Waals surface area contributed by atoms with E-state index in [9.17, 15) is 13.6 Å². The maximum absolute atomic E-state index is 13.3. The molecule has 23 heavy (non-hydrogen) atoms. The van der Waals surface area contributed by atoms with Crippen molar-refractivity contribution in [1.82, 2.24) is 19.8 Å². The molecule has 1 aromatic carbocycles. The number of halogens is 2. The number of tetrazole rings is 1. The number of oxime groups is 1. The predicted molar refractivity (Wildman–Crippen MR) is 79.7 cm³/mol. The van der Waals surface area contributed by atoms with Crippen LogP contribution in [0.15, 0.2) is 28.1 Å². The molecule has 9 heteroatoms. The summed E-state index contributed by atoms with van der Waals surface area (Å²) >= 11 is 0. The highest BCUT2D eigenvalue weighted by Gasteiger charge is 2.20. The van der Waals surface area contributed by atoms with Crippen LogP contribution in [0.25, 0.3) is 5.69 Å². The van der Waals surface area contributed by atoms with Gasteiger partial charge in [-0.3, -0.25) is 0 Å². The molecule has 0 N–H and O–H groups in total. The SMILES string of the molecule is CCC(C)=NOCc1c(C(F)F)cccc1-n1nnn(C)c1=O. The van der Waals surface area contributed by atoms with E-state index >= 15 is 0 Å². The van der Waals surface area contributed by atoms with Crippen LogP contribution in [0.3, 0.4) is 0 Å². The molecule has 0 aliphatic carbocycles. The number of hydrogen-bond acceptors (Lipinski definition) is 5. The summed E-state index contributed by atoms with van der Waals surface area (Å²) in [5, 5.41) is 11.1. The van der Waals surface area contributed by atoms with Gasteiger partial charge in [0.25, 0.3) is 6.43 Å². The highest BCUT2D eigenvalue weighted by molar-refractivity contribution is 5.80. The molecule has 1 heterocycles. The van der Waals surface area contributed by atoms with E-state index in [1.807, 2.05) is 6.92 Å². The third-order valence-corrected chi connectivity index (χ3v) is 3.31. The molecule has 0 aliphatic heterocycles. The van der Waals surface area contributed by atoms with E-state index in [-0.39, 0.29) is 23.4 Å². The molecule has 0 radical (unpaired) electrons. The smallest absolute Gasteiger partial charge is 0.368 e. The first-order valence-corrected chi connectivity index (χ1v) is 7.00. The Balaban J connectivity index is 2.48. The summed E-state index contributed by atoms with van der Waals surface area (Å²) in [5.74, 6) is 0. The molecule has 0 saturated heterocycles. The van der Waals surface area contributed by atoms with Crippen molar-refractivity contribution in [2.75, 3.05) is 0 Å². The van der Waals surface area contributed by atoms with Crippen LogP contribution in [0.1, 0.15) is 37.8 Å². The van der Waals surface area contributed by atoms with E-state index in [1.165, 1.54) is 25.2 Å². The van der Waals surface area contributed by atoms with Gasteiger partial charge >= 0.3 is 5.69 Å². The molecule has 7 nitrogen and oxygen atoms in total. The van der Waals surface area contributed by atoms with Gasteiger partial charge in [0, 0.05) is 18.2 Å². The first-order chi connectivity index (χ1) is 11.0. The lowest BCUT2D eigenvalue weighted by atomic mass is 10.1. The van der Waals surface area contributed by atoms with Crippen LogP contribution in [-0.2, 0) is 18.5 Å². The molecular weight excluding hydrogens is 308 g/mol. The number of aryl methyl sites for hydroxylation is 1. The van der Waals surface area contributed by atoms with Crippen LogP contribution in [0, 0.1) is 0 Å². The zero-order valence-corrected chi connectivity index (χ0v) is 13.0. The molecule has 0 amide bonds. The maximum atomic E-state index is 13.3. The Morgan fingerprint density at radius 3 is 2.70 bits per heavy atom. The minimum absolute atomic E-state index is 0.151. The zero-order valence-electron chi connectivity index (χ0n) is 13.0. The molecule has 0 spiro atoms. The van der Waals surface area contributed by atoms with Crippen molar-refractivity contribution in [3.63, 3.8) is 0 Å². The Morgan fingerprint density at radius 2 is 2.13 bits per heavy atom. The number of alkyl halides is 2. The second-order valence-corrected chi connectivity index (χ2v) is 4.90. The van der Waals surface area contributed by atoms with Crippen LogP contribution in [0.5, 0.6) is 0 Å². The lowest BCUT2D eigenvalue weighted by Crippen LogP contribution is -2.23. The van der Waals surface area contributed by atoms with Crippen molar-refractivity contribution in [2.24, 2.45) is 12.2 Å². The topological polar surface area (TPSA) is 74.3 Å². The molecule has 2 rings (SSSR count). The van der Waals surface area contributed by atoms with Crippen LogP contribution in [0.4, 0.5) is 8.78 Å². The number of nitrogens with zero attached hydrogens (tertiary/aromatic N) is 5. The van der Waals surface area contributed by atoms with Gasteiger partial charge in [0.05, 0.1) is 11.4 Å². The monoisotopic (exact) mass is 325 g/mol. The minimum Gasteiger partial charge on any atom is -0.391 e. The van der Waals surface area contributed by atoms with Crippen LogP contribution in [-0.4, -0.2) is 25.5 Å². The number of benzene rings is 1. The third-order valence-electron chi connectivity index (χ3n) is 3.31. The van der Waals surface area contributed by atoms with E-state index in [2.05, 4.69) is 15.6 Å². The Kier molecular flexibility index (Phi) is 5.20. The molecule has 0 fully saturated rings. The van der Waals surface area contributed by atoms with E-state index in [0.29, 0.717) is 6.42 Å². The van der Waals surface area contributed by atoms with Gasteiger partial charge < -0.3 is 4.84 Å². The molecule has 0 bridgehead atoms. The van der Waals surface area contributed by atoms with Crippen molar-refractivity contribution in [3.8, 4) is 5.69 Å². The van der Waals surface area contributed by atoms with Crippen molar-refractivity contribution in [3.05, 3.63) is 39.8 Å². The summed E-state index contributed by atoms with van der Waals surface area (Å²) in [7, 11) is 1.42. The summed E-state index contributed by atoms with van der Waals surface area (Å²) in [4.78, 5) is 17.1. The van der Waals surface area contributed by atoms with Crippen LogP contribution < -0.4 is 5.69 Å². The molecule has 0 atom stereocenters. The van der Waals surface area contributed by atoms with Crippen molar-refractivity contribution >= 4 is 5.71 Å². The van der Waals surface area contributed by atoms with Crippen LogP contribution >= 0.6 is 0 Å². The number of rotatable bonds is 6. The normalized spacial score (nSPS) is 12.0. The second kappa shape index (κ2) is 7.12. The Hall–Kier alpha value is -2.58. The Morgan fingerprint density at radius 1 is 1.39 bits per heavy atom. The van der Waals surface area contributed by atoms with Crippen molar-refractivity contribution in [2.45, 2.75) is 33.3 Å². The van der Waals surface area contributed by atoms with Gasteiger partial charge in [-0.1, -0.05) is 24.2 Å². The summed E-state index contributed by atoms with van der Waals surface area (Å²) in [6, 6.07) is 4.23. The fraction of sp³-hybridized carbons (Fsp3) is 0.429.